The van der Waals surface area contributed by atoms with E-state index in [1.54, 1.807) is 0 Å². The normalized spacial score (nSPS) is 2.40. The molecule has 0 amide bonds. The molecule has 0 saturated heterocycles. The predicted octanol–water partition coefficient (Wildman–Crippen LogP) is 0.361. The van der Waals surface area contributed by atoms with E-state index in [1.165, 1.54) is 0 Å². The third-order valence-electron chi connectivity index (χ3n) is 0. The first-order valence-electron chi connectivity index (χ1n) is 0.365. The Bertz CT molecular complexity index is 17.1. The van der Waals surface area contributed by atoms with Crippen LogP contribution in [0, 0.1) is 10.1 Å². The van der Waals surface area contributed by atoms with Gasteiger partial charge in [0.05, 0.1) is 0 Å². The van der Waals surface area contributed by atoms with Crippen LogP contribution < -0.4 is 0 Å². The topological polar surface area (TPSA) is 52.5 Å². The Balaban J connectivity index is -0.0000000200. The summed E-state index contributed by atoms with van der Waals surface area (Å²) in [5.74, 6) is 0. The molecule has 0 fully saturated rings. The van der Waals surface area contributed by atoms with Gasteiger partial charge in [0.2, 0.25) is 0 Å². The minimum atomic E-state index is 0. The SMILES string of the molecule is O=N[O-].S.[Hg]. The van der Waals surface area contributed by atoms with Crippen LogP contribution in [0.4, 0.5) is 0 Å². The van der Waals surface area contributed by atoms with Gasteiger partial charge in [-0.25, -0.2) is 0 Å². The first-order valence-corrected chi connectivity index (χ1v) is 0.365. The van der Waals surface area contributed by atoms with Crippen LogP contribution in [0.1, 0.15) is 0 Å². The smallest absolute Gasteiger partial charge is 0 e. The van der Waals surface area contributed by atoms with E-state index < -0.39 is 0 Å². The molecule has 0 spiro atoms. The third kappa shape index (κ3) is 72.0. The quantitative estimate of drug-likeness (QED) is 0.365. The fourth-order valence-electron chi connectivity index (χ4n) is 0. The Morgan fingerprint density at radius 2 is 1.60 bits per heavy atom. The van der Waals surface area contributed by atoms with Gasteiger partial charge < -0.3 is 10.1 Å². The molecule has 0 aliphatic rings. The van der Waals surface area contributed by atoms with Crippen molar-refractivity contribution in [1.82, 2.24) is 0 Å². The average molecular weight is 281 g/mol. The molecule has 0 radical (unpaired) electrons. The Morgan fingerprint density at radius 3 is 1.60 bits per heavy atom. The molecule has 0 atom stereocenters. The van der Waals surface area contributed by atoms with Crippen molar-refractivity contribution in [3.63, 3.8) is 0 Å². The van der Waals surface area contributed by atoms with Crippen molar-refractivity contribution in [2.75, 3.05) is 0 Å². The molecule has 0 aromatic rings. The van der Waals surface area contributed by atoms with Crippen molar-refractivity contribution in [3.05, 3.63) is 10.1 Å². The second-order valence-electron chi connectivity index (χ2n) is 0.0745. The van der Waals surface area contributed by atoms with Crippen molar-refractivity contribution < 1.29 is 27.7 Å². The molecular weight excluding hydrogens is 279 g/mol. The maximum atomic E-state index is 8.00. The molecule has 0 rings (SSSR count). The van der Waals surface area contributed by atoms with E-state index >= 15 is 0 Å². The summed E-state index contributed by atoms with van der Waals surface area (Å²) in [5, 5.41) is 9.00. The van der Waals surface area contributed by atoms with Gasteiger partial charge in [0.1, 0.15) is 0 Å². The number of rotatable bonds is 0. The summed E-state index contributed by atoms with van der Waals surface area (Å²) < 4.78 is 0. The fraction of sp³-hybridized carbons (Fsp3) is 0. The summed E-state index contributed by atoms with van der Waals surface area (Å²) in [7, 11) is 0. The summed E-state index contributed by atoms with van der Waals surface area (Å²) in [4.78, 5) is 8.00. The summed E-state index contributed by atoms with van der Waals surface area (Å²) in [6.45, 7) is 0. The van der Waals surface area contributed by atoms with Gasteiger partial charge in [-0.1, -0.05) is 0 Å². The molecule has 0 bridgehead atoms. The second-order valence-corrected chi connectivity index (χ2v) is 0.0745. The monoisotopic (exact) mass is 282 g/mol. The van der Waals surface area contributed by atoms with E-state index in [0.717, 1.165) is 5.34 Å². The molecule has 0 aliphatic heterocycles. The maximum Gasteiger partial charge on any atom is 0 e. The van der Waals surface area contributed by atoms with Gasteiger partial charge >= 0.3 is 0 Å². The Hall–Kier alpha value is 0.685. The van der Waals surface area contributed by atoms with Gasteiger partial charge in [-0.15, -0.1) is 5.34 Å². The van der Waals surface area contributed by atoms with Crippen LogP contribution >= 0.6 is 13.5 Å². The van der Waals surface area contributed by atoms with Crippen molar-refractivity contribution in [2.45, 2.75) is 0 Å². The van der Waals surface area contributed by atoms with Gasteiger partial charge in [0, 0.05) is 27.7 Å². The third-order valence-corrected chi connectivity index (χ3v) is 0. The average Bonchev–Trinajstić information content (AvgIpc) is 0.918. The Morgan fingerprint density at radius 1 is 1.60 bits per heavy atom. The number of hydrogen-bond donors (Lipinski definition) is 0. The van der Waals surface area contributed by atoms with Crippen molar-refractivity contribution in [1.29, 1.82) is 0 Å². The molecule has 0 heterocycles. The van der Waals surface area contributed by atoms with E-state index in [9.17, 15) is 0 Å². The van der Waals surface area contributed by atoms with Gasteiger partial charge in [0.25, 0.3) is 0 Å². The van der Waals surface area contributed by atoms with Crippen LogP contribution in [-0.4, -0.2) is 0 Å². The molecule has 0 saturated carbocycles. The van der Waals surface area contributed by atoms with Gasteiger partial charge in [0.15, 0.2) is 0 Å². The first kappa shape index (κ1) is 17.3. The zero-order valence-corrected chi connectivity index (χ0v) is 8.97. The summed E-state index contributed by atoms with van der Waals surface area (Å²) in [6.07, 6.45) is 0. The molecule has 28 valence electrons. The second kappa shape index (κ2) is 22.4. The van der Waals surface area contributed by atoms with Gasteiger partial charge in [-0.2, -0.15) is 13.5 Å². The van der Waals surface area contributed by atoms with Crippen molar-refractivity contribution in [3.8, 4) is 0 Å². The van der Waals surface area contributed by atoms with E-state index in [0.29, 0.717) is 0 Å². The number of nitrogens with zero attached hydrogens (tertiary/aromatic N) is 1. The van der Waals surface area contributed by atoms with Crippen LogP contribution in [0.3, 0.4) is 0 Å². The zero-order valence-electron chi connectivity index (χ0n) is 2.47. The molecule has 5 heavy (non-hydrogen) atoms. The molecule has 3 nitrogen and oxygen atoms in total. The molecule has 0 aromatic heterocycles. The van der Waals surface area contributed by atoms with E-state index in [1.807, 2.05) is 0 Å². The van der Waals surface area contributed by atoms with Crippen LogP contribution in [0.5, 0.6) is 0 Å². The molecule has 0 unspecified atom stereocenters. The largest absolute Gasteiger partial charge is 0.444 e. The maximum absolute atomic E-state index is 8.00. The van der Waals surface area contributed by atoms with Gasteiger partial charge in [-0.3, -0.25) is 0 Å². The standard InChI is InChI=1S/Hg.HNO2.H2S/c;2-1-3;/h;(H,2,3);1H2/p-1. The van der Waals surface area contributed by atoms with Crippen LogP contribution in [0.25, 0.3) is 0 Å². The fourth-order valence-corrected chi connectivity index (χ4v) is 0. The summed E-state index contributed by atoms with van der Waals surface area (Å²) in [6, 6.07) is 0. The van der Waals surface area contributed by atoms with Crippen molar-refractivity contribution >= 4 is 13.5 Å². The minimum Gasteiger partial charge on any atom is -0.444 e. The van der Waals surface area contributed by atoms with Crippen molar-refractivity contribution in [2.24, 2.45) is 5.34 Å². The van der Waals surface area contributed by atoms with E-state index in [4.69, 9.17) is 10.1 Å². The van der Waals surface area contributed by atoms with E-state index in [-0.39, 0.29) is 41.2 Å². The van der Waals surface area contributed by atoms with Gasteiger partial charge in [-0.05, 0) is 0 Å². The summed E-state index contributed by atoms with van der Waals surface area (Å²) >= 11 is 0. The van der Waals surface area contributed by atoms with E-state index in [2.05, 4.69) is 0 Å². The zero-order chi connectivity index (χ0) is 2.71. The summed E-state index contributed by atoms with van der Waals surface area (Å²) in [5.41, 5.74) is 0. The van der Waals surface area contributed by atoms with Crippen LogP contribution in [0.2, 0.25) is 0 Å². The minimum absolute atomic E-state index is 0. The molecular formula is H2HgNO2S-. The Labute approximate surface area is 56.6 Å². The molecule has 5 heteroatoms. The van der Waals surface area contributed by atoms with Crippen LogP contribution in [0.15, 0.2) is 5.34 Å². The first-order chi connectivity index (χ1) is 1.41. The molecule has 0 aromatic carbocycles. The Kier molecular flexibility index (Phi) is 77.6. The molecule has 0 N–H and O–H groups in total. The number of hydrogen-bond acceptors (Lipinski definition) is 3. The molecule has 0 aliphatic carbocycles. The predicted molar refractivity (Wildman–Crippen MR) is 19.5 cm³/mol. The van der Waals surface area contributed by atoms with Crippen LogP contribution in [-0.2, 0) is 27.7 Å².